The minimum absolute atomic E-state index is 0.137. The molecule has 6 nitrogen and oxygen atoms in total. The Morgan fingerprint density at radius 3 is 2.70 bits per heavy atom. The van der Waals surface area contributed by atoms with Gasteiger partial charge in [0.1, 0.15) is 0 Å². The molecule has 1 N–H and O–H groups in total. The molecule has 1 atom stereocenters. The predicted octanol–water partition coefficient (Wildman–Crippen LogP) is 4.41. The Hall–Kier alpha value is -1.89. The van der Waals surface area contributed by atoms with Gasteiger partial charge in [-0.3, -0.25) is 10.1 Å². The Kier molecular flexibility index (Phi) is 5.76. The lowest BCUT2D eigenvalue weighted by atomic mass is 10.0. The van der Waals surface area contributed by atoms with Crippen molar-refractivity contribution in [3.8, 4) is 11.1 Å². The van der Waals surface area contributed by atoms with Gasteiger partial charge in [0.15, 0.2) is 0 Å². The SMILES string of the molecule is COCC(C)Nc1nccc(-c2ccc(Cl)cc2Cl)c1[N+](=O)[O-]. The lowest BCUT2D eigenvalue weighted by Crippen LogP contribution is -2.22. The van der Waals surface area contributed by atoms with Crippen molar-refractivity contribution in [1.29, 1.82) is 0 Å². The highest BCUT2D eigenvalue weighted by Crippen LogP contribution is 2.39. The molecule has 0 bridgehead atoms. The van der Waals surface area contributed by atoms with Gasteiger partial charge in [0, 0.05) is 29.9 Å². The zero-order valence-electron chi connectivity index (χ0n) is 12.5. The highest BCUT2D eigenvalue weighted by atomic mass is 35.5. The molecule has 1 aromatic carbocycles. The summed E-state index contributed by atoms with van der Waals surface area (Å²) in [6.07, 6.45) is 1.50. The van der Waals surface area contributed by atoms with Crippen molar-refractivity contribution in [3.05, 3.63) is 50.6 Å². The number of anilines is 1. The second-order valence-corrected chi connectivity index (χ2v) is 5.78. The topological polar surface area (TPSA) is 77.3 Å². The van der Waals surface area contributed by atoms with Gasteiger partial charge in [-0.1, -0.05) is 29.3 Å². The summed E-state index contributed by atoms with van der Waals surface area (Å²) in [6, 6.07) is 6.24. The van der Waals surface area contributed by atoms with E-state index >= 15 is 0 Å². The maximum atomic E-state index is 11.6. The van der Waals surface area contributed by atoms with E-state index in [1.54, 1.807) is 31.4 Å². The smallest absolute Gasteiger partial charge is 0.319 e. The molecule has 122 valence electrons. The van der Waals surface area contributed by atoms with Crippen molar-refractivity contribution < 1.29 is 9.66 Å². The number of pyridine rings is 1. The molecule has 0 radical (unpaired) electrons. The van der Waals surface area contributed by atoms with Gasteiger partial charge < -0.3 is 10.1 Å². The maximum Gasteiger partial charge on any atom is 0.319 e. The number of halogens is 2. The molecule has 0 saturated carbocycles. The van der Waals surface area contributed by atoms with Crippen LogP contribution in [0.2, 0.25) is 10.0 Å². The summed E-state index contributed by atoms with van der Waals surface area (Å²) in [5, 5.41) is 15.3. The summed E-state index contributed by atoms with van der Waals surface area (Å²) in [5.74, 6) is 0.170. The largest absolute Gasteiger partial charge is 0.383 e. The number of rotatable bonds is 6. The quantitative estimate of drug-likeness (QED) is 0.613. The first-order valence-electron chi connectivity index (χ1n) is 6.78. The third-order valence-electron chi connectivity index (χ3n) is 3.13. The van der Waals surface area contributed by atoms with Gasteiger partial charge in [-0.25, -0.2) is 4.98 Å². The van der Waals surface area contributed by atoms with E-state index in [0.29, 0.717) is 27.8 Å². The van der Waals surface area contributed by atoms with Gasteiger partial charge in [-0.05, 0) is 25.1 Å². The zero-order chi connectivity index (χ0) is 17.0. The number of benzene rings is 1. The lowest BCUT2D eigenvalue weighted by molar-refractivity contribution is -0.383. The van der Waals surface area contributed by atoms with Gasteiger partial charge >= 0.3 is 5.69 Å². The molecule has 0 fully saturated rings. The van der Waals surface area contributed by atoms with Gasteiger partial charge in [-0.15, -0.1) is 0 Å². The molecule has 2 aromatic rings. The number of nitrogens with zero attached hydrogens (tertiary/aromatic N) is 2. The Bertz CT molecular complexity index is 725. The highest BCUT2D eigenvalue weighted by Gasteiger charge is 2.24. The van der Waals surface area contributed by atoms with Crippen LogP contribution in [-0.2, 0) is 4.74 Å². The van der Waals surface area contributed by atoms with Crippen LogP contribution in [0.1, 0.15) is 6.92 Å². The maximum absolute atomic E-state index is 11.6. The summed E-state index contributed by atoms with van der Waals surface area (Å²) in [4.78, 5) is 15.2. The average molecular weight is 356 g/mol. The Morgan fingerprint density at radius 2 is 2.09 bits per heavy atom. The van der Waals surface area contributed by atoms with E-state index in [2.05, 4.69) is 10.3 Å². The van der Waals surface area contributed by atoms with E-state index in [4.69, 9.17) is 27.9 Å². The molecule has 1 aromatic heterocycles. The Labute approximate surface area is 143 Å². The number of methoxy groups -OCH3 is 1. The monoisotopic (exact) mass is 355 g/mol. The molecule has 1 heterocycles. The van der Waals surface area contributed by atoms with Gasteiger partial charge in [0.05, 0.1) is 22.1 Å². The average Bonchev–Trinajstić information content (AvgIpc) is 2.47. The van der Waals surface area contributed by atoms with Crippen LogP contribution in [0.25, 0.3) is 11.1 Å². The summed E-state index contributed by atoms with van der Waals surface area (Å²) in [5.41, 5.74) is 0.756. The van der Waals surface area contributed by atoms with Crippen molar-refractivity contribution in [1.82, 2.24) is 4.98 Å². The molecule has 8 heteroatoms. The van der Waals surface area contributed by atoms with Crippen LogP contribution in [0, 0.1) is 10.1 Å². The van der Waals surface area contributed by atoms with Crippen molar-refractivity contribution in [3.63, 3.8) is 0 Å². The van der Waals surface area contributed by atoms with Crippen molar-refractivity contribution in [2.75, 3.05) is 19.0 Å². The van der Waals surface area contributed by atoms with Gasteiger partial charge in [-0.2, -0.15) is 0 Å². The fourth-order valence-electron chi connectivity index (χ4n) is 2.19. The minimum Gasteiger partial charge on any atom is -0.383 e. The zero-order valence-corrected chi connectivity index (χ0v) is 14.1. The van der Waals surface area contributed by atoms with E-state index in [1.807, 2.05) is 6.92 Å². The normalized spacial score (nSPS) is 12.0. The van der Waals surface area contributed by atoms with Crippen molar-refractivity contribution >= 4 is 34.7 Å². The Balaban J connectivity index is 2.54. The fourth-order valence-corrected chi connectivity index (χ4v) is 2.71. The second kappa shape index (κ2) is 7.59. The third-order valence-corrected chi connectivity index (χ3v) is 3.68. The minimum atomic E-state index is -0.477. The Morgan fingerprint density at radius 1 is 1.35 bits per heavy atom. The fraction of sp³-hybridized carbons (Fsp3) is 0.267. The summed E-state index contributed by atoms with van der Waals surface area (Å²) in [7, 11) is 1.56. The number of nitrogens with one attached hydrogen (secondary N) is 1. The van der Waals surface area contributed by atoms with Crippen LogP contribution in [0.15, 0.2) is 30.5 Å². The lowest BCUT2D eigenvalue weighted by Gasteiger charge is -2.15. The number of ether oxygens (including phenoxy) is 1. The molecule has 2 rings (SSSR count). The molecular formula is C15H15Cl2N3O3. The molecule has 0 aliphatic rings. The van der Waals surface area contributed by atoms with Crippen molar-refractivity contribution in [2.45, 2.75) is 13.0 Å². The van der Waals surface area contributed by atoms with E-state index in [0.717, 1.165) is 0 Å². The van der Waals surface area contributed by atoms with Crippen LogP contribution in [0.5, 0.6) is 0 Å². The molecule has 0 amide bonds. The summed E-state index contributed by atoms with van der Waals surface area (Å²) >= 11 is 12.1. The van der Waals surface area contributed by atoms with E-state index < -0.39 is 4.92 Å². The molecule has 23 heavy (non-hydrogen) atoms. The van der Waals surface area contributed by atoms with Crippen LogP contribution < -0.4 is 5.32 Å². The van der Waals surface area contributed by atoms with Crippen molar-refractivity contribution in [2.24, 2.45) is 0 Å². The van der Waals surface area contributed by atoms with Gasteiger partial charge in [0.25, 0.3) is 0 Å². The first-order chi connectivity index (χ1) is 10.9. The van der Waals surface area contributed by atoms with Crippen LogP contribution in [0.4, 0.5) is 11.5 Å². The second-order valence-electron chi connectivity index (χ2n) is 4.94. The summed E-state index contributed by atoms with van der Waals surface area (Å²) < 4.78 is 5.03. The van der Waals surface area contributed by atoms with Crippen LogP contribution in [0.3, 0.4) is 0 Å². The number of nitro groups is 1. The van der Waals surface area contributed by atoms with Crippen LogP contribution in [-0.4, -0.2) is 29.7 Å². The standard InChI is InChI=1S/C15H15Cl2N3O3/c1-9(8-23-2)19-15-14(20(21)22)12(5-6-18-15)11-4-3-10(16)7-13(11)17/h3-7,9H,8H2,1-2H3,(H,18,19). The van der Waals surface area contributed by atoms with E-state index in [9.17, 15) is 10.1 Å². The van der Waals surface area contributed by atoms with E-state index in [1.165, 1.54) is 6.20 Å². The molecule has 0 saturated heterocycles. The van der Waals surface area contributed by atoms with Gasteiger partial charge in [0.2, 0.25) is 5.82 Å². The number of hydrogen-bond acceptors (Lipinski definition) is 5. The first kappa shape index (κ1) is 17.5. The molecule has 0 spiro atoms. The summed E-state index contributed by atoms with van der Waals surface area (Å²) in [6.45, 7) is 2.24. The molecular weight excluding hydrogens is 341 g/mol. The number of aromatic nitrogens is 1. The number of hydrogen-bond donors (Lipinski definition) is 1. The first-order valence-corrected chi connectivity index (χ1v) is 7.54. The molecule has 1 unspecified atom stereocenters. The molecule has 0 aliphatic heterocycles. The molecule has 0 aliphatic carbocycles. The predicted molar refractivity (Wildman–Crippen MR) is 91.3 cm³/mol. The highest BCUT2D eigenvalue weighted by molar-refractivity contribution is 6.36. The third kappa shape index (κ3) is 4.10. The van der Waals surface area contributed by atoms with Crippen LogP contribution >= 0.6 is 23.2 Å². The van der Waals surface area contributed by atoms with E-state index in [-0.39, 0.29) is 17.5 Å².